The summed E-state index contributed by atoms with van der Waals surface area (Å²) in [6.45, 7) is 3.61. The van der Waals surface area contributed by atoms with Gasteiger partial charge < -0.3 is 10.5 Å². The summed E-state index contributed by atoms with van der Waals surface area (Å²) >= 11 is 2.10. The molecule has 106 valence electrons. The molecule has 1 fully saturated rings. The van der Waals surface area contributed by atoms with Gasteiger partial charge in [-0.05, 0) is 60.3 Å². The van der Waals surface area contributed by atoms with Crippen LogP contribution in [0.1, 0.15) is 31.7 Å². The van der Waals surface area contributed by atoms with Gasteiger partial charge in [-0.15, -0.1) is 0 Å². The van der Waals surface area contributed by atoms with Crippen molar-refractivity contribution in [3.63, 3.8) is 0 Å². The van der Waals surface area contributed by atoms with E-state index in [4.69, 9.17) is 10.5 Å². The maximum absolute atomic E-state index is 5.58. The van der Waals surface area contributed by atoms with E-state index in [1.54, 1.807) is 0 Å². The molecule has 0 saturated carbocycles. The van der Waals surface area contributed by atoms with E-state index in [1.807, 2.05) is 6.07 Å². The average Bonchev–Trinajstić information content (AvgIpc) is 2.44. The van der Waals surface area contributed by atoms with Crippen LogP contribution in [-0.4, -0.2) is 24.7 Å². The lowest BCUT2D eigenvalue weighted by Crippen LogP contribution is -2.23. The molecule has 0 atom stereocenters. The highest BCUT2D eigenvalue weighted by Gasteiger charge is 2.26. The molecular formula is C16H25NOS. The van der Waals surface area contributed by atoms with Crippen LogP contribution in [0.25, 0.3) is 0 Å². The maximum atomic E-state index is 5.58. The Morgan fingerprint density at radius 1 is 1.32 bits per heavy atom. The molecule has 1 aromatic rings. The lowest BCUT2D eigenvalue weighted by molar-refractivity contribution is 0.272. The number of rotatable bonds is 6. The summed E-state index contributed by atoms with van der Waals surface area (Å²) in [5.41, 5.74) is 7.39. The minimum Gasteiger partial charge on any atom is -0.492 e. The fraction of sp³-hybridized carbons (Fsp3) is 0.625. The van der Waals surface area contributed by atoms with Crippen LogP contribution >= 0.6 is 11.8 Å². The predicted octanol–water partition coefficient (Wildman–Crippen LogP) is 3.49. The normalized spacial score (nSPS) is 18.2. The third-order valence-electron chi connectivity index (χ3n) is 4.00. The molecule has 0 aliphatic carbocycles. The van der Waals surface area contributed by atoms with Crippen molar-refractivity contribution in [2.75, 3.05) is 24.7 Å². The van der Waals surface area contributed by atoms with Crippen LogP contribution < -0.4 is 10.5 Å². The maximum Gasteiger partial charge on any atom is 0.119 e. The lowest BCUT2D eigenvalue weighted by atomic mass is 9.79. The van der Waals surface area contributed by atoms with E-state index >= 15 is 0 Å². The standard InChI is InChI=1S/C16H25NOS/c1-16(7-11-19-12-8-16)6-5-14-3-2-4-15(13-14)18-10-9-17/h2-4,13H,5-12,17H2,1H3. The zero-order valence-corrected chi connectivity index (χ0v) is 12.7. The van der Waals surface area contributed by atoms with E-state index in [2.05, 4.69) is 36.9 Å². The molecule has 0 bridgehead atoms. The van der Waals surface area contributed by atoms with E-state index in [-0.39, 0.29) is 0 Å². The smallest absolute Gasteiger partial charge is 0.119 e. The summed E-state index contributed by atoms with van der Waals surface area (Å²) in [5.74, 6) is 3.61. The number of benzene rings is 1. The van der Waals surface area contributed by atoms with Crippen molar-refractivity contribution < 1.29 is 4.74 Å². The fourth-order valence-corrected chi connectivity index (χ4v) is 4.01. The first-order valence-electron chi connectivity index (χ1n) is 7.21. The summed E-state index contributed by atoms with van der Waals surface area (Å²) < 4.78 is 5.58. The number of ether oxygens (including phenoxy) is 1. The number of thioether (sulfide) groups is 1. The van der Waals surface area contributed by atoms with Crippen molar-refractivity contribution in [3.8, 4) is 5.75 Å². The molecule has 0 aromatic heterocycles. The highest BCUT2D eigenvalue weighted by molar-refractivity contribution is 7.99. The molecule has 2 nitrogen and oxygen atoms in total. The van der Waals surface area contributed by atoms with E-state index in [0.29, 0.717) is 18.6 Å². The van der Waals surface area contributed by atoms with Crippen molar-refractivity contribution in [2.24, 2.45) is 11.1 Å². The third-order valence-corrected chi connectivity index (χ3v) is 4.99. The molecule has 19 heavy (non-hydrogen) atoms. The van der Waals surface area contributed by atoms with E-state index in [9.17, 15) is 0 Å². The molecule has 1 aliphatic rings. The molecular weight excluding hydrogens is 254 g/mol. The molecule has 1 saturated heterocycles. The topological polar surface area (TPSA) is 35.2 Å². The average molecular weight is 279 g/mol. The first-order valence-corrected chi connectivity index (χ1v) is 8.37. The zero-order chi connectivity index (χ0) is 13.6. The Hall–Kier alpha value is -0.670. The number of aryl methyl sites for hydroxylation is 1. The third kappa shape index (κ3) is 4.73. The minimum absolute atomic E-state index is 0.541. The molecule has 1 heterocycles. The summed E-state index contributed by atoms with van der Waals surface area (Å²) in [4.78, 5) is 0. The van der Waals surface area contributed by atoms with Crippen molar-refractivity contribution in [3.05, 3.63) is 29.8 Å². The van der Waals surface area contributed by atoms with Gasteiger partial charge in [0.25, 0.3) is 0 Å². The Bertz CT molecular complexity index is 388. The zero-order valence-electron chi connectivity index (χ0n) is 11.9. The Morgan fingerprint density at radius 2 is 2.11 bits per heavy atom. The molecule has 0 spiro atoms. The van der Waals surface area contributed by atoms with Crippen LogP contribution in [0.5, 0.6) is 5.75 Å². The fourth-order valence-electron chi connectivity index (χ4n) is 2.53. The quantitative estimate of drug-likeness (QED) is 0.865. The lowest BCUT2D eigenvalue weighted by Gasteiger charge is -2.33. The Morgan fingerprint density at radius 3 is 2.84 bits per heavy atom. The highest BCUT2D eigenvalue weighted by Crippen LogP contribution is 2.38. The molecule has 3 heteroatoms. The molecule has 2 rings (SSSR count). The molecule has 0 amide bonds. The van der Waals surface area contributed by atoms with Gasteiger partial charge in [0, 0.05) is 6.54 Å². The van der Waals surface area contributed by atoms with Crippen LogP contribution in [0.4, 0.5) is 0 Å². The van der Waals surface area contributed by atoms with E-state index in [0.717, 1.165) is 12.2 Å². The molecule has 1 aliphatic heterocycles. The Labute approximate surface area is 121 Å². The van der Waals surface area contributed by atoms with Gasteiger partial charge in [-0.1, -0.05) is 19.1 Å². The van der Waals surface area contributed by atoms with Gasteiger partial charge in [0.15, 0.2) is 0 Å². The van der Waals surface area contributed by atoms with E-state index < -0.39 is 0 Å². The molecule has 2 N–H and O–H groups in total. The van der Waals surface area contributed by atoms with Crippen molar-refractivity contribution in [1.29, 1.82) is 0 Å². The van der Waals surface area contributed by atoms with Crippen molar-refractivity contribution in [2.45, 2.75) is 32.6 Å². The second kappa shape index (κ2) is 7.20. The number of nitrogens with two attached hydrogens (primary N) is 1. The monoisotopic (exact) mass is 279 g/mol. The second-order valence-corrected chi connectivity index (χ2v) is 6.93. The van der Waals surface area contributed by atoms with Crippen LogP contribution in [0.15, 0.2) is 24.3 Å². The van der Waals surface area contributed by atoms with Crippen LogP contribution in [0.2, 0.25) is 0 Å². The molecule has 1 aromatic carbocycles. The summed E-state index contributed by atoms with van der Waals surface area (Å²) in [6.07, 6.45) is 5.16. The van der Waals surface area contributed by atoms with Crippen molar-refractivity contribution in [1.82, 2.24) is 0 Å². The summed E-state index contributed by atoms with van der Waals surface area (Å²) in [5, 5.41) is 0. The molecule has 0 radical (unpaired) electrons. The van der Waals surface area contributed by atoms with Crippen LogP contribution in [0, 0.1) is 5.41 Å². The predicted molar refractivity (Wildman–Crippen MR) is 84.0 cm³/mol. The minimum atomic E-state index is 0.541. The molecule has 0 unspecified atom stereocenters. The van der Waals surface area contributed by atoms with E-state index in [1.165, 1.54) is 36.3 Å². The van der Waals surface area contributed by atoms with Gasteiger partial charge in [-0.3, -0.25) is 0 Å². The SMILES string of the molecule is CC1(CCc2cccc(OCCN)c2)CCSCC1. The van der Waals surface area contributed by atoms with Gasteiger partial charge in [0.1, 0.15) is 12.4 Å². The Kier molecular flexibility index (Phi) is 5.59. The van der Waals surface area contributed by atoms with Gasteiger partial charge in [-0.2, -0.15) is 11.8 Å². The second-order valence-electron chi connectivity index (χ2n) is 5.71. The summed E-state index contributed by atoms with van der Waals surface area (Å²) in [7, 11) is 0. The first kappa shape index (κ1) is 14.7. The van der Waals surface area contributed by atoms with Gasteiger partial charge >= 0.3 is 0 Å². The van der Waals surface area contributed by atoms with Crippen molar-refractivity contribution >= 4 is 11.8 Å². The highest BCUT2D eigenvalue weighted by atomic mass is 32.2. The van der Waals surface area contributed by atoms with Gasteiger partial charge in [-0.25, -0.2) is 0 Å². The van der Waals surface area contributed by atoms with Gasteiger partial charge in [0.05, 0.1) is 0 Å². The van der Waals surface area contributed by atoms with Gasteiger partial charge in [0.2, 0.25) is 0 Å². The Balaban J connectivity index is 1.88. The van der Waals surface area contributed by atoms with Crippen LogP contribution in [-0.2, 0) is 6.42 Å². The van der Waals surface area contributed by atoms with Crippen LogP contribution in [0.3, 0.4) is 0 Å². The largest absolute Gasteiger partial charge is 0.492 e. The number of hydrogen-bond donors (Lipinski definition) is 1. The first-order chi connectivity index (χ1) is 9.22. The summed E-state index contributed by atoms with van der Waals surface area (Å²) in [6, 6.07) is 8.46. The number of hydrogen-bond acceptors (Lipinski definition) is 3.